The van der Waals surface area contributed by atoms with Crippen LogP contribution in [0.15, 0.2) is 127 Å². The number of benzene rings is 5. The Morgan fingerprint density at radius 1 is 0.836 bits per heavy atom. The summed E-state index contributed by atoms with van der Waals surface area (Å²) in [6.07, 6.45) is -1.97. The number of morpholine rings is 2. The van der Waals surface area contributed by atoms with Crippen LogP contribution in [0.25, 0.3) is 0 Å². The van der Waals surface area contributed by atoms with Gasteiger partial charge in [0.05, 0.1) is 50.1 Å². The van der Waals surface area contributed by atoms with Gasteiger partial charge in [0.1, 0.15) is 29.9 Å². The number of esters is 1. The normalized spacial score (nSPS) is 23.1. The molecule has 4 heterocycles. The van der Waals surface area contributed by atoms with Crippen LogP contribution < -0.4 is 26.2 Å². The summed E-state index contributed by atoms with van der Waals surface area (Å²) in [5.41, 5.74) is 7.03. The summed E-state index contributed by atoms with van der Waals surface area (Å²) < 4.78 is 22.9. The Labute approximate surface area is 386 Å². The van der Waals surface area contributed by atoms with Gasteiger partial charge in [0, 0.05) is 37.1 Å². The van der Waals surface area contributed by atoms with Gasteiger partial charge in [0.2, 0.25) is 11.8 Å². The van der Waals surface area contributed by atoms with E-state index in [9.17, 15) is 14.7 Å². The summed E-state index contributed by atoms with van der Waals surface area (Å²) >= 11 is 0. The number of imide groups is 1. The quantitative estimate of drug-likeness (QED) is 0.0798. The van der Waals surface area contributed by atoms with Gasteiger partial charge in [-0.1, -0.05) is 84.6 Å². The Kier molecular flexibility index (Phi) is 12.6. The van der Waals surface area contributed by atoms with E-state index in [2.05, 4.69) is 27.4 Å². The standard InChI is InChI=1S/C51H48N6O10/c1-64-29-30-66-50(63)56-40-23-14-32(9-8-24-53-49(52)62)31-39(40)51(48(56)61)41(46(59)54-36-17-19-37(20-18-36)55-25-27-65-28-26-55)43-47(60)67-44(34-12-6-3-7-13-34)42(33-10-4-2-5-11-33)57(43)45(51)35-15-21-38(58)22-16-35/h2-7,10-23,31,41-45,58H,24-30H2,1H3,(H,54,59)(H3,52,53,62). The number of phenolic OH excluding ortho intramolecular Hbond substituents is 1. The summed E-state index contributed by atoms with van der Waals surface area (Å²) in [5, 5.41) is 16.2. The molecular weight excluding hydrogens is 857 g/mol. The van der Waals surface area contributed by atoms with E-state index in [0.29, 0.717) is 48.7 Å². The lowest BCUT2D eigenvalue weighted by Gasteiger charge is -2.46. The lowest BCUT2D eigenvalue weighted by molar-refractivity contribution is -0.177. The van der Waals surface area contributed by atoms with E-state index in [-0.39, 0.29) is 36.8 Å². The van der Waals surface area contributed by atoms with Crippen molar-refractivity contribution in [2.45, 2.75) is 29.6 Å². The van der Waals surface area contributed by atoms with Crippen LogP contribution in [0.2, 0.25) is 0 Å². The molecule has 16 heteroatoms. The zero-order valence-corrected chi connectivity index (χ0v) is 36.5. The van der Waals surface area contributed by atoms with E-state index >= 15 is 14.4 Å². The average molecular weight is 905 g/mol. The number of anilines is 3. The van der Waals surface area contributed by atoms with Crippen molar-refractivity contribution in [1.82, 2.24) is 10.2 Å². The number of amides is 5. The third-order valence-electron chi connectivity index (χ3n) is 12.7. The number of cyclic esters (lactones) is 1. The molecule has 5 amide bonds. The Morgan fingerprint density at radius 2 is 1.52 bits per heavy atom. The van der Waals surface area contributed by atoms with Gasteiger partial charge in [0.25, 0.3) is 0 Å². The largest absolute Gasteiger partial charge is 0.508 e. The fourth-order valence-electron chi connectivity index (χ4n) is 9.97. The second-order valence-corrected chi connectivity index (χ2v) is 16.5. The molecule has 0 aliphatic carbocycles. The number of nitrogens with two attached hydrogens (primary N) is 1. The summed E-state index contributed by atoms with van der Waals surface area (Å²) in [7, 11) is 1.45. The number of nitrogens with one attached hydrogen (secondary N) is 2. The molecule has 3 saturated heterocycles. The van der Waals surface area contributed by atoms with Gasteiger partial charge >= 0.3 is 18.1 Å². The molecule has 0 radical (unpaired) electrons. The molecule has 0 saturated carbocycles. The van der Waals surface area contributed by atoms with Gasteiger partial charge in [-0.15, -0.1) is 0 Å². The zero-order valence-electron chi connectivity index (χ0n) is 36.5. The monoisotopic (exact) mass is 904 g/mol. The van der Waals surface area contributed by atoms with E-state index in [4.69, 9.17) is 24.7 Å². The van der Waals surface area contributed by atoms with Crippen molar-refractivity contribution in [1.29, 1.82) is 0 Å². The minimum Gasteiger partial charge on any atom is -0.508 e. The van der Waals surface area contributed by atoms with Gasteiger partial charge in [-0.3, -0.25) is 19.3 Å². The number of aromatic hydroxyl groups is 1. The predicted molar refractivity (Wildman–Crippen MR) is 246 cm³/mol. The highest BCUT2D eigenvalue weighted by Crippen LogP contribution is 2.66. The number of primary amides is 1. The maximum absolute atomic E-state index is 16.3. The molecule has 342 valence electrons. The maximum Gasteiger partial charge on any atom is 0.421 e. The van der Waals surface area contributed by atoms with Gasteiger partial charge < -0.3 is 45.3 Å². The summed E-state index contributed by atoms with van der Waals surface area (Å²) in [4.78, 5) is 78.3. The van der Waals surface area contributed by atoms with Crippen molar-refractivity contribution >= 4 is 47.0 Å². The molecule has 4 aliphatic heterocycles. The molecule has 1 spiro atoms. The predicted octanol–water partition coefficient (Wildman–Crippen LogP) is 5.34. The van der Waals surface area contributed by atoms with Gasteiger partial charge in [-0.2, -0.15) is 0 Å². The fourth-order valence-corrected chi connectivity index (χ4v) is 9.97. The SMILES string of the molecule is COCCOC(=O)N1C(=O)C2(c3cc(C#CCNC(N)=O)ccc31)C(C(=O)Nc1ccc(N3CCOCC3)cc1)C1C(=O)OC(c3ccccc3)C(c3ccccc3)N1C2c1ccc(O)cc1. The molecule has 6 atom stereocenters. The smallest absolute Gasteiger partial charge is 0.421 e. The van der Waals surface area contributed by atoms with Crippen LogP contribution in [-0.4, -0.2) is 99.1 Å². The highest BCUT2D eigenvalue weighted by atomic mass is 16.6. The van der Waals surface area contributed by atoms with Crippen molar-refractivity contribution in [2.75, 3.05) is 68.3 Å². The first-order chi connectivity index (χ1) is 32.6. The van der Waals surface area contributed by atoms with E-state index in [1.165, 1.54) is 19.2 Å². The number of carbonyl (C=O) groups excluding carboxylic acids is 5. The number of hydrogen-bond donors (Lipinski definition) is 4. The molecule has 5 N–H and O–H groups in total. The molecular formula is C51H48N6O10. The van der Waals surface area contributed by atoms with Gasteiger partial charge in [-0.25, -0.2) is 14.5 Å². The number of rotatable bonds is 10. The van der Waals surface area contributed by atoms with E-state index in [0.717, 1.165) is 16.2 Å². The summed E-state index contributed by atoms with van der Waals surface area (Å²) in [6, 6.07) is 32.7. The van der Waals surface area contributed by atoms with Crippen molar-refractivity contribution in [3.05, 3.63) is 155 Å². The lowest BCUT2D eigenvalue weighted by Crippen LogP contribution is -2.54. The molecule has 4 aliphatic rings. The van der Waals surface area contributed by atoms with Crippen LogP contribution in [0.3, 0.4) is 0 Å². The molecule has 0 bridgehead atoms. The number of hydrogen-bond acceptors (Lipinski definition) is 12. The molecule has 5 aromatic rings. The van der Waals surface area contributed by atoms with E-state index in [1.807, 2.05) is 77.7 Å². The second kappa shape index (κ2) is 19.0. The average Bonchev–Trinajstić information content (AvgIpc) is 3.80. The third-order valence-corrected chi connectivity index (χ3v) is 12.7. The topological polar surface area (TPSA) is 202 Å². The highest BCUT2D eigenvalue weighted by Gasteiger charge is 2.75. The minimum atomic E-state index is -2.10. The Hall–Kier alpha value is -7.71. The third kappa shape index (κ3) is 8.29. The van der Waals surface area contributed by atoms with Crippen LogP contribution in [0.4, 0.5) is 26.7 Å². The minimum absolute atomic E-state index is 0.0342. The van der Waals surface area contributed by atoms with Gasteiger partial charge in [-0.05, 0) is 76.9 Å². The Morgan fingerprint density at radius 3 is 2.19 bits per heavy atom. The van der Waals surface area contributed by atoms with Crippen molar-refractivity contribution in [2.24, 2.45) is 11.7 Å². The number of nitrogens with zero attached hydrogens (tertiary/aromatic N) is 3. The highest BCUT2D eigenvalue weighted by molar-refractivity contribution is 6.24. The van der Waals surface area contributed by atoms with Crippen LogP contribution in [0.5, 0.6) is 5.75 Å². The first-order valence-corrected chi connectivity index (χ1v) is 21.9. The van der Waals surface area contributed by atoms with E-state index in [1.54, 1.807) is 42.5 Å². The molecule has 0 aromatic heterocycles. The molecule has 9 rings (SSSR count). The van der Waals surface area contributed by atoms with Crippen LogP contribution >= 0.6 is 0 Å². The fraction of sp³-hybridized carbons (Fsp3) is 0.275. The number of fused-ring (bicyclic) bond motifs is 3. The molecule has 67 heavy (non-hydrogen) atoms. The van der Waals surface area contributed by atoms with Crippen LogP contribution in [0, 0.1) is 17.8 Å². The van der Waals surface area contributed by atoms with Crippen molar-refractivity contribution < 1.29 is 48.0 Å². The van der Waals surface area contributed by atoms with Crippen molar-refractivity contribution in [3.63, 3.8) is 0 Å². The molecule has 16 nitrogen and oxygen atoms in total. The number of phenols is 1. The maximum atomic E-state index is 16.3. The molecule has 5 aromatic carbocycles. The van der Waals surface area contributed by atoms with E-state index < -0.39 is 65.5 Å². The lowest BCUT2D eigenvalue weighted by atomic mass is 9.65. The number of urea groups is 1. The van der Waals surface area contributed by atoms with Gasteiger partial charge in [0.15, 0.2) is 0 Å². The van der Waals surface area contributed by atoms with Crippen LogP contribution in [-0.2, 0) is 38.7 Å². The Bertz CT molecular complexity index is 2720. The number of ether oxygens (including phenoxy) is 4. The Balaban J connectivity index is 1.30. The van der Waals surface area contributed by atoms with Crippen LogP contribution in [0.1, 0.15) is 46.0 Å². The summed E-state index contributed by atoms with van der Waals surface area (Å²) in [5.74, 6) is 1.92. The summed E-state index contributed by atoms with van der Waals surface area (Å²) in [6.45, 7) is 2.30. The molecule has 3 fully saturated rings. The first kappa shape index (κ1) is 44.5. The van der Waals surface area contributed by atoms with Crippen molar-refractivity contribution in [3.8, 4) is 17.6 Å². The zero-order chi connectivity index (χ0) is 46.7. The molecule has 6 unspecified atom stereocenters. The number of methoxy groups -OCH3 is 1. The number of carbonyl (C=O) groups is 5. The first-order valence-electron chi connectivity index (χ1n) is 21.9. The second-order valence-electron chi connectivity index (χ2n) is 16.5.